The van der Waals surface area contributed by atoms with E-state index in [1.54, 1.807) is 29.3 Å². The van der Waals surface area contributed by atoms with Crippen molar-refractivity contribution in [2.24, 2.45) is 5.41 Å². The largest absolute Gasteiger partial charge is 0.396 e. The van der Waals surface area contributed by atoms with Gasteiger partial charge in [-0.2, -0.15) is 0 Å². The lowest BCUT2D eigenvalue weighted by atomic mass is 9.77. The first kappa shape index (κ1) is 15.7. The zero-order valence-corrected chi connectivity index (χ0v) is 13.3. The van der Waals surface area contributed by atoms with Crippen LogP contribution in [0.3, 0.4) is 0 Å². The number of hydrogen-bond donors (Lipinski definition) is 1. The normalized spacial score (nSPS) is 17.6. The lowest BCUT2D eigenvalue weighted by Crippen LogP contribution is -2.46. The molecule has 0 aromatic carbocycles. The Bertz CT molecular complexity index is 750. The first-order valence-corrected chi connectivity index (χ1v) is 8.01. The molecule has 2 aromatic heterocycles. The number of fused-ring (bicyclic) bond motifs is 1. The van der Waals surface area contributed by atoms with Crippen LogP contribution in [0.5, 0.6) is 0 Å². The molecule has 1 saturated heterocycles. The van der Waals surface area contributed by atoms with Crippen LogP contribution in [0.2, 0.25) is 0 Å². The lowest BCUT2D eigenvalue weighted by Gasteiger charge is -2.40. The lowest BCUT2D eigenvalue weighted by molar-refractivity contribution is -0.135. The smallest absolute Gasteiger partial charge is 0.350 e. The second kappa shape index (κ2) is 6.16. The molecule has 0 spiro atoms. The standard InChI is InChI=1S/C16H22N4O3/c1-2-16(12-21)6-9-18(10-7-16)14(22)11-20-15(23)19-8-4-3-5-13(19)17-20/h3-5,8,21H,2,6-7,9-12H2,1H3. The Balaban J connectivity index is 1.70. The molecule has 1 aliphatic heterocycles. The number of carbonyl (C=O) groups excluding carboxylic acids is 1. The molecule has 1 N–H and O–H groups in total. The molecule has 3 rings (SSSR count). The van der Waals surface area contributed by atoms with Gasteiger partial charge in [0.05, 0.1) is 0 Å². The third kappa shape index (κ3) is 2.88. The molecule has 2 aromatic rings. The zero-order valence-electron chi connectivity index (χ0n) is 13.3. The van der Waals surface area contributed by atoms with Crippen LogP contribution in [-0.4, -0.2) is 49.8 Å². The third-order valence-corrected chi connectivity index (χ3v) is 5.04. The van der Waals surface area contributed by atoms with Gasteiger partial charge in [0.25, 0.3) is 0 Å². The van der Waals surface area contributed by atoms with Gasteiger partial charge >= 0.3 is 5.69 Å². The predicted molar refractivity (Wildman–Crippen MR) is 85.1 cm³/mol. The second-order valence-electron chi connectivity index (χ2n) is 6.26. The number of nitrogens with zero attached hydrogens (tertiary/aromatic N) is 4. The highest BCUT2D eigenvalue weighted by atomic mass is 16.3. The Morgan fingerprint density at radius 3 is 2.70 bits per heavy atom. The third-order valence-electron chi connectivity index (χ3n) is 5.04. The molecule has 3 heterocycles. The Morgan fingerprint density at radius 2 is 2.09 bits per heavy atom. The van der Waals surface area contributed by atoms with Gasteiger partial charge in [0.1, 0.15) is 6.54 Å². The van der Waals surface area contributed by atoms with Gasteiger partial charge in [-0.15, -0.1) is 5.10 Å². The van der Waals surface area contributed by atoms with Crippen LogP contribution in [0, 0.1) is 5.41 Å². The van der Waals surface area contributed by atoms with Gasteiger partial charge in [-0.3, -0.25) is 9.20 Å². The second-order valence-corrected chi connectivity index (χ2v) is 6.26. The van der Waals surface area contributed by atoms with Crippen molar-refractivity contribution in [3.63, 3.8) is 0 Å². The predicted octanol–water partition coefficient (Wildman–Crippen LogP) is 0.507. The van der Waals surface area contributed by atoms with E-state index < -0.39 is 0 Å². The van der Waals surface area contributed by atoms with E-state index in [0.29, 0.717) is 18.7 Å². The fourth-order valence-electron chi connectivity index (χ4n) is 3.15. The number of carbonyl (C=O) groups is 1. The molecule has 7 heteroatoms. The average molecular weight is 318 g/mol. The van der Waals surface area contributed by atoms with Crippen molar-refractivity contribution in [3.05, 3.63) is 34.9 Å². The van der Waals surface area contributed by atoms with E-state index in [4.69, 9.17) is 0 Å². The summed E-state index contributed by atoms with van der Waals surface area (Å²) < 4.78 is 2.64. The first-order valence-electron chi connectivity index (χ1n) is 8.01. The van der Waals surface area contributed by atoms with Gasteiger partial charge in [0.15, 0.2) is 5.65 Å². The maximum Gasteiger partial charge on any atom is 0.350 e. The Morgan fingerprint density at radius 1 is 1.35 bits per heavy atom. The number of aromatic nitrogens is 3. The molecule has 0 unspecified atom stereocenters. The highest BCUT2D eigenvalue weighted by Gasteiger charge is 2.34. The Kier molecular flexibility index (Phi) is 4.21. The van der Waals surface area contributed by atoms with E-state index in [-0.39, 0.29) is 30.2 Å². The number of hydrogen-bond acceptors (Lipinski definition) is 4. The van der Waals surface area contributed by atoms with Crippen LogP contribution in [0.4, 0.5) is 0 Å². The van der Waals surface area contributed by atoms with Crippen molar-refractivity contribution in [2.75, 3.05) is 19.7 Å². The zero-order chi connectivity index (χ0) is 16.4. The maximum atomic E-state index is 12.4. The summed E-state index contributed by atoms with van der Waals surface area (Å²) in [6, 6.07) is 5.30. The van der Waals surface area contributed by atoms with Crippen molar-refractivity contribution < 1.29 is 9.90 Å². The summed E-state index contributed by atoms with van der Waals surface area (Å²) in [4.78, 5) is 26.4. The van der Waals surface area contributed by atoms with Gasteiger partial charge < -0.3 is 10.0 Å². The Labute approximate surface area is 134 Å². The number of aliphatic hydroxyl groups excluding tert-OH is 1. The van der Waals surface area contributed by atoms with Crippen LogP contribution in [-0.2, 0) is 11.3 Å². The highest BCUT2D eigenvalue weighted by molar-refractivity contribution is 5.76. The fraction of sp³-hybridized carbons (Fsp3) is 0.562. The number of amides is 1. The SMILES string of the molecule is CCC1(CO)CCN(C(=O)Cn2nc3ccccn3c2=O)CC1. The van der Waals surface area contributed by atoms with E-state index in [9.17, 15) is 14.7 Å². The van der Waals surface area contributed by atoms with E-state index >= 15 is 0 Å². The van der Waals surface area contributed by atoms with E-state index in [0.717, 1.165) is 19.3 Å². The van der Waals surface area contributed by atoms with Crippen LogP contribution in [0.15, 0.2) is 29.2 Å². The summed E-state index contributed by atoms with van der Waals surface area (Å²) in [7, 11) is 0. The number of likely N-dealkylation sites (tertiary alicyclic amines) is 1. The van der Waals surface area contributed by atoms with Crippen molar-refractivity contribution in [1.82, 2.24) is 19.1 Å². The molecule has 0 saturated carbocycles. The van der Waals surface area contributed by atoms with Gasteiger partial charge in [-0.05, 0) is 36.8 Å². The summed E-state index contributed by atoms with van der Waals surface area (Å²) >= 11 is 0. The average Bonchev–Trinajstić information content (AvgIpc) is 2.91. The summed E-state index contributed by atoms with van der Waals surface area (Å²) in [5.41, 5.74) is 0.176. The van der Waals surface area contributed by atoms with E-state index in [2.05, 4.69) is 12.0 Å². The highest BCUT2D eigenvalue weighted by Crippen LogP contribution is 2.34. The van der Waals surface area contributed by atoms with Crippen molar-refractivity contribution >= 4 is 11.6 Å². The number of aliphatic hydroxyl groups is 1. The molecule has 0 aliphatic carbocycles. The van der Waals surface area contributed by atoms with Crippen molar-refractivity contribution in [1.29, 1.82) is 0 Å². The van der Waals surface area contributed by atoms with E-state index in [1.165, 1.54) is 9.08 Å². The minimum atomic E-state index is -0.302. The van der Waals surface area contributed by atoms with Gasteiger partial charge in [-0.1, -0.05) is 13.0 Å². The number of rotatable bonds is 4. The summed E-state index contributed by atoms with van der Waals surface area (Å²) in [6.45, 7) is 3.44. The van der Waals surface area contributed by atoms with Crippen LogP contribution < -0.4 is 5.69 Å². The summed E-state index contributed by atoms with van der Waals surface area (Å²) in [5.74, 6) is -0.0989. The maximum absolute atomic E-state index is 12.4. The molecule has 1 amide bonds. The van der Waals surface area contributed by atoms with E-state index in [1.807, 2.05) is 0 Å². The minimum absolute atomic E-state index is 0.0429. The molecule has 0 atom stereocenters. The van der Waals surface area contributed by atoms with Crippen molar-refractivity contribution in [2.45, 2.75) is 32.7 Å². The number of piperidine rings is 1. The van der Waals surface area contributed by atoms with Crippen LogP contribution in [0.25, 0.3) is 5.65 Å². The van der Waals surface area contributed by atoms with Crippen molar-refractivity contribution in [3.8, 4) is 0 Å². The molecule has 23 heavy (non-hydrogen) atoms. The molecule has 0 radical (unpaired) electrons. The van der Waals surface area contributed by atoms with Crippen LogP contribution >= 0.6 is 0 Å². The molecular formula is C16H22N4O3. The topological polar surface area (TPSA) is 79.8 Å². The number of pyridine rings is 1. The monoisotopic (exact) mass is 318 g/mol. The molecule has 0 bridgehead atoms. The molecule has 1 fully saturated rings. The molecule has 7 nitrogen and oxygen atoms in total. The van der Waals surface area contributed by atoms with Gasteiger partial charge in [0, 0.05) is 25.9 Å². The quantitative estimate of drug-likeness (QED) is 0.890. The summed E-state index contributed by atoms with van der Waals surface area (Å²) in [5, 5.41) is 13.7. The Hall–Kier alpha value is -2.15. The van der Waals surface area contributed by atoms with Gasteiger partial charge in [0.2, 0.25) is 5.91 Å². The molecule has 124 valence electrons. The van der Waals surface area contributed by atoms with Gasteiger partial charge in [-0.25, -0.2) is 9.48 Å². The molecular weight excluding hydrogens is 296 g/mol. The fourth-order valence-corrected chi connectivity index (χ4v) is 3.15. The molecule has 1 aliphatic rings. The minimum Gasteiger partial charge on any atom is -0.396 e. The summed E-state index contributed by atoms with van der Waals surface area (Å²) in [6.07, 6.45) is 4.15. The first-order chi connectivity index (χ1) is 11.1. The van der Waals surface area contributed by atoms with Crippen LogP contribution in [0.1, 0.15) is 26.2 Å².